The lowest BCUT2D eigenvalue weighted by molar-refractivity contribution is -0.142. The van der Waals surface area contributed by atoms with Crippen molar-refractivity contribution < 1.29 is 13.9 Å². The summed E-state index contributed by atoms with van der Waals surface area (Å²) in [6.45, 7) is 0. The van der Waals surface area contributed by atoms with Crippen LogP contribution in [-0.2, 0) is 16.0 Å². The van der Waals surface area contributed by atoms with Gasteiger partial charge >= 0.3 is 5.97 Å². The molecule has 6 heteroatoms. The Bertz CT molecular complexity index is 860. The number of aromatic nitrogens is 2. The van der Waals surface area contributed by atoms with Crippen molar-refractivity contribution in [3.63, 3.8) is 0 Å². The summed E-state index contributed by atoms with van der Waals surface area (Å²) in [4.78, 5) is 11.7. The summed E-state index contributed by atoms with van der Waals surface area (Å²) in [6.07, 6.45) is 2.10. The van der Waals surface area contributed by atoms with E-state index in [-0.39, 0.29) is 12.2 Å². The number of carbonyl (C=O) groups excluding carboxylic acids is 1. The van der Waals surface area contributed by atoms with E-state index < -0.39 is 12.0 Å². The molecular weight excluding hydrogens is 321 g/mol. The Kier molecular flexibility index (Phi) is 4.90. The molecule has 3 rings (SSSR count). The van der Waals surface area contributed by atoms with Crippen molar-refractivity contribution in [3.8, 4) is 16.9 Å². The van der Waals surface area contributed by atoms with Crippen molar-refractivity contribution in [1.82, 2.24) is 9.78 Å². The molecule has 0 radical (unpaired) electrons. The molecule has 0 aliphatic heterocycles. The van der Waals surface area contributed by atoms with E-state index in [9.17, 15) is 9.18 Å². The van der Waals surface area contributed by atoms with Gasteiger partial charge in [0.2, 0.25) is 0 Å². The second-order valence-corrected chi connectivity index (χ2v) is 5.62. The highest BCUT2D eigenvalue weighted by Crippen LogP contribution is 2.25. The number of ether oxygens (including phenoxy) is 1. The van der Waals surface area contributed by atoms with E-state index in [2.05, 4.69) is 5.10 Å². The molecule has 1 heterocycles. The minimum atomic E-state index is -0.794. The molecule has 0 bridgehead atoms. The number of halogens is 1. The zero-order valence-corrected chi connectivity index (χ0v) is 13.7. The van der Waals surface area contributed by atoms with Crippen molar-refractivity contribution in [3.05, 3.63) is 72.2 Å². The van der Waals surface area contributed by atoms with Crippen molar-refractivity contribution in [1.29, 1.82) is 0 Å². The van der Waals surface area contributed by atoms with Crippen LogP contribution in [0.2, 0.25) is 0 Å². The molecule has 0 fully saturated rings. The molecule has 1 aromatic heterocycles. The van der Waals surface area contributed by atoms with Crippen molar-refractivity contribution >= 4 is 5.97 Å². The molecule has 0 aliphatic rings. The van der Waals surface area contributed by atoms with Gasteiger partial charge in [0.25, 0.3) is 0 Å². The topological polar surface area (TPSA) is 70.1 Å². The Morgan fingerprint density at radius 3 is 2.52 bits per heavy atom. The fourth-order valence-electron chi connectivity index (χ4n) is 2.59. The maximum Gasteiger partial charge on any atom is 0.322 e. The van der Waals surface area contributed by atoms with Crippen LogP contribution in [-0.4, -0.2) is 28.9 Å². The summed E-state index contributed by atoms with van der Waals surface area (Å²) < 4.78 is 19.6. The fraction of sp³-hybridized carbons (Fsp3) is 0.158. The molecule has 0 saturated heterocycles. The van der Waals surface area contributed by atoms with E-state index in [1.807, 2.05) is 36.5 Å². The second kappa shape index (κ2) is 7.27. The molecule has 5 nitrogen and oxygen atoms in total. The molecule has 2 aromatic carbocycles. The third-order valence-electron chi connectivity index (χ3n) is 3.87. The molecule has 1 atom stereocenters. The molecule has 2 N–H and O–H groups in total. The van der Waals surface area contributed by atoms with Crippen LogP contribution in [0.5, 0.6) is 0 Å². The van der Waals surface area contributed by atoms with Crippen LogP contribution in [0.15, 0.2) is 60.8 Å². The number of nitrogens with two attached hydrogens (primary N) is 1. The number of para-hydroxylation sites is 1. The van der Waals surface area contributed by atoms with Crippen LogP contribution in [0.3, 0.4) is 0 Å². The van der Waals surface area contributed by atoms with Crippen LogP contribution >= 0.6 is 0 Å². The summed E-state index contributed by atoms with van der Waals surface area (Å²) in [5.41, 5.74) is 8.98. The van der Waals surface area contributed by atoms with E-state index in [4.69, 9.17) is 10.5 Å². The van der Waals surface area contributed by atoms with Gasteiger partial charge in [-0.15, -0.1) is 0 Å². The van der Waals surface area contributed by atoms with Gasteiger partial charge in [-0.1, -0.05) is 18.2 Å². The van der Waals surface area contributed by atoms with Crippen LogP contribution in [0.1, 0.15) is 5.56 Å². The van der Waals surface area contributed by atoms with Gasteiger partial charge in [-0.2, -0.15) is 5.10 Å². The second-order valence-electron chi connectivity index (χ2n) is 5.62. The summed E-state index contributed by atoms with van der Waals surface area (Å²) >= 11 is 0. The summed E-state index contributed by atoms with van der Waals surface area (Å²) in [5, 5.41) is 4.61. The summed E-state index contributed by atoms with van der Waals surface area (Å²) in [6, 6.07) is 14.8. The van der Waals surface area contributed by atoms with Crippen LogP contribution < -0.4 is 5.73 Å². The number of benzene rings is 2. The number of nitrogens with zero attached hydrogens (tertiary/aromatic N) is 2. The number of esters is 1. The molecule has 128 valence electrons. The standard InChI is InChI=1S/C19H18FN3O2/c1-25-19(24)17(21)11-14-12-23(16-5-3-2-4-6-16)22-18(14)13-7-9-15(20)10-8-13/h2-10,12,17H,11,21H2,1H3. The number of hydrogen-bond donors (Lipinski definition) is 1. The van der Waals surface area contributed by atoms with E-state index in [1.165, 1.54) is 19.2 Å². The quantitative estimate of drug-likeness (QED) is 0.726. The Morgan fingerprint density at radius 1 is 1.20 bits per heavy atom. The Labute approximate surface area is 144 Å². The minimum absolute atomic E-state index is 0.270. The monoisotopic (exact) mass is 339 g/mol. The number of carbonyl (C=O) groups is 1. The maximum absolute atomic E-state index is 13.2. The third kappa shape index (κ3) is 3.75. The largest absolute Gasteiger partial charge is 0.468 e. The van der Waals surface area contributed by atoms with Gasteiger partial charge in [-0.05, 0) is 36.4 Å². The highest BCUT2D eigenvalue weighted by atomic mass is 19.1. The van der Waals surface area contributed by atoms with E-state index >= 15 is 0 Å². The Morgan fingerprint density at radius 2 is 1.88 bits per heavy atom. The Hall–Kier alpha value is -2.99. The minimum Gasteiger partial charge on any atom is -0.468 e. The molecule has 0 saturated carbocycles. The molecule has 0 spiro atoms. The normalized spacial score (nSPS) is 12.0. The highest BCUT2D eigenvalue weighted by molar-refractivity contribution is 5.76. The van der Waals surface area contributed by atoms with Crippen molar-refractivity contribution in [2.24, 2.45) is 5.73 Å². The van der Waals surface area contributed by atoms with Crippen LogP contribution in [0, 0.1) is 5.82 Å². The first-order valence-electron chi connectivity index (χ1n) is 7.82. The number of rotatable bonds is 5. The van der Waals surface area contributed by atoms with Crippen LogP contribution in [0.4, 0.5) is 4.39 Å². The number of methoxy groups -OCH3 is 1. The molecule has 3 aromatic rings. The molecule has 1 unspecified atom stereocenters. The predicted octanol–water partition coefficient (Wildman–Crippen LogP) is 2.72. The van der Waals surface area contributed by atoms with Gasteiger partial charge in [-0.3, -0.25) is 4.79 Å². The highest BCUT2D eigenvalue weighted by Gasteiger charge is 2.20. The first kappa shape index (κ1) is 16.9. The maximum atomic E-state index is 13.2. The van der Waals surface area contributed by atoms with Crippen molar-refractivity contribution in [2.45, 2.75) is 12.5 Å². The zero-order valence-electron chi connectivity index (χ0n) is 13.7. The lowest BCUT2D eigenvalue weighted by Gasteiger charge is -2.09. The van der Waals surface area contributed by atoms with Gasteiger partial charge in [-0.25, -0.2) is 9.07 Å². The van der Waals surface area contributed by atoms with Gasteiger partial charge in [0, 0.05) is 23.7 Å². The Balaban J connectivity index is 2.03. The average molecular weight is 339 g/mol. The molecule has 0 aliphatic carbocycles. The predicted molar refractivity (Wildman–Crippen MR) is 92.7 cm³/mol. The van der Waals surface area contributed by atoms with Gasteiger partial charge in [0.15, 0.2) is 0 Å². The molecule has 0 amide bonds. The average Bonchev–Trinajstić information content (AvgIpc) is 3.06. The number of hydrogen-bond acceptors (Lipinski definition) is 4. The lowest BCUT2D eigenvalue weighted by atomic mass is 10.0. The van der Waals surface area contributed by atoms with Gasteiger partial charge < -0.3 is 10.5 Å². The first-order valence-corrected chi connectivity index (χ1v) is 7.82. The summed E-state index contributed by atoms with van der Waals surface area (Å²) in [7, 11) is 1.30. The third-order valence-corrected chi connectivity index (χ3v) is 3.87. The molecular formula is C19H18FN3O2. The van der Waals surface area contributed by atoms with Crippen molar-refractivity contribution in [2.75, 3.05) is 7.11 Å². The first-order chi connectivity index (χ1) is 12.1. The zero-order chi connectivity index (χ0) is 17.8. The SMILES string of the molecule is COC(=O)C(N)Cc1cn(-c2ccccc2)nc1-c1ccc(F)cc1. The summed E-state index contributed by atoms with van der Waals surface area (Å²) in [5.74, 6) is -0.809. The van der Waals surface area contributed by atoms with Gasteiger partial charge in [0.05, 0.1) is 18.5 Å². The molecule has 25 heavy (non-hydrogen) atoms. The van der Waals surface area contributed by atoms with Gasteiger partial charge in [0.1, 0.15) is 11.9 Å². The van der Waals surface area contributed by atoms with E-state index in [0.717, 1.165) is 16.8 Å². The van der Waals surface area contributed by atoms with E-state index in [0.29, 0.717) is 5.69 Å². The smallest absolute Gasteiger partial charge is 0.322 e. The fourth-order valence-corrected chi connectivity index (χ4v) is 2.59. The van der Waals surface area contributed by atoms with E-state index in [1.54, 1.807) is 16.8 Å². The lowest BCUT2D eigenvalue weighted by Crippen LogP contribution is -2.33. The van der Waals surface area contributed by atoms with Crippen LogP contribution in [0.25, 0.3) is 16.9 Å².